The van der Waals surface area contributed by atoms with Crippen LogP contribution < -0.4 is 16.0 Å². The number of thiazole rings is 1. The molecule has 0 saturated heterocycles. The van der Waals surface area contributed by atoms with Crippen LogP contribution in [-0.4, -0.2) is 30.4 Å². The third-order valence-corrected chi connectivity index (χ3v) is 5.77. The first-order chi connectivity index (χ1) is 13.4. The first-order valence-corrected chi connectivity index (χ1v) is 10.5. The van der Waals surface area contributed by atoms with Crippen LogP contribution in [0, 0.1) is 19.8 Å². The Kier molecular flexibility index (Phi) is 11.2. The number of hydrogen-bond donors (Lipinski definition) is 3. The Bertz CT molecular complexity index is 802. The monoisotopic (exact) mass is 529 g/mol. The second kappa shape index (κ2) is 12.8. The minimum absolute atomic E-state index is 0. The van der Waals surface area contributed by atoms with E-state index in [1.54, 1.807) is 18.4 Å². The molecule has 2 rings (SSSR count). The molecule has 160 valence electrons. The van der Waals surface area contributed by atoms with Gasteiger partial charge in [0, 0.05) is 43.0 Å². The molecule has 29 heavy (non-hydrogen) atoms. The lowest BCUT2D eigenvalue weighted by Crippen LogP contribution is -2.37. The predicted octanol–water partition coefficient (Wildman–Crippen LogP) is 4.27. The molecular weight excluding hydrogens is 497 g/mol. The number of aryl methyl sites for hydroxylation is 2. The van der Waals surface area contributed by atoms with E-state index >= 15 is 0 Å². The van der Waals surface area contributed by atoms with Crippen molar-refractivity contribution in [3.8, 4) is 0 Å². The Balaban J connectivity index is 0.00000420. The van der Waals surface area contributed by atoms with Crippen LogP contribution in [0.3, 0.4) is 0 Å². The number of rotatable bonds is 8. The Labute approximate surface area is 195 Å². The summed E-state index contributed by atoms with van der Waals surface area (Å²) in [7, 11) is 1.76. The quantitative estimate of drug-likeness (QED) is 0.271. The van der Waals surface area contributed by atoms with Crippen molar-refractivity contribution in [1.29, 1.82) is 0 Å². The Hall–Kier alpha value is -1.68. The first-order valence-electron chi connectivity index (χ1n) is 9.70. The van der Waals surface area contributed by atoms with Gasteiger partial charge in [0.15, 0.2) is 5.96 Å². The number of guanidine groups is 1. The molecule has 0 fully saturated rings. The van der Waals surface area contributed by atoms with Crippen LogP contribution in [0.15, 0.2) is 29.3 Å². The number of benzene rings is 1. The number of carbonyl (C=O) groups excluding carboxylic acids is 1. The standard InChI is InChI=1S/C21H31N5OS.HI/c1-6-14(2)20(27)26-18-9-7-8-17(12-18)13-24-21(22-5)23-11-10-19-25-15(3)16(4)28-19;/h7-9,12,14H,6,10-11,13H2,1-5H3,(H,26,27)(H2,22,23,24);1H. The largest absolute Gasteiger partial charge is 0.356 e. The maximum absolute atomic E-state index is 12.1. The zero-order valence-electron chi connectivity index (χ0n) is 17.8. The minimum atomic E-state index is 0. The fraction of sp³-hybridized carbons (Fsp3) is 0.476. The Morgan fingerprint density at radius 3 is 2.66 bits per heavy atom. The van der Waals surface area contributed by atoms with Gasteiger partial charge in [0.25, 0.3) is 0 Å². The zero-order chi connectivity index (χ0) is 20.5. The number of nitrogens with zero attached hydrogens (tertiary/aromatic N) is 2. The predicted molar refractivity (Wildman–Crippen MR) is 133 cm³/mol. The van der Waals surface area contributed by atoms with Gasteiger partial charge in [0.05, 0.1) is 10.7 Å². The molecule has 2 aromatic rings. The average molecular weight is 529 g/mol. The smallest absolute Gasteiger partial charge is 0.227 e. The van der Waals surface area contributed by atoms with E-state index in [4.69, 9.17) is 0 Å². The highest BCUT2D eigenvalue weighted by atomic mass is 127. The molecule has 1 heterocycles. The van der Waals surface area contributed by atoms with Gasteiger partial charge in [-0.25, -0.2) is 4.98 Å². The fourth-order valence-corrected chi connectivity index (χ4v) is 3.48. The summed E-state index contributed by atoms with van der Waals surface area (Å²) in [6, 6.07) is 7.88. The molecule has 1 aromatic carbocycles. The van der Waals surface area contributed by atoms with Gasteiger partial charge in [-0.15, -0.1) is 35.3 Å². The summed E-state index contributed by atoms with van der Waals surface area (Å²) in [6.07, 6.45) is 1.70. The van der Waals surface area contributed by atoms with E-state index in [9.17, 15) is 4.79 Å². The average Bonchev–Trinajstić information content (AvgIpc) is 3.01. The molecule has 0 aliphatic carbocycles. The van der Waals surface area contributed by atoms with Gasteiger partial charge in [-0.2, -0.15) is 0 Å². The third-order valence-electron chi connectivity index (χ3n) is 4.64. The van der Waals surface area contributed by atoms with Gasteiger partial charge < -0.3 is 16.0 Å². The van der Waals surface area contributed by atoms with E-state index in [2.05, 4.69) is 32.9 Å². The van der Waals surface area contributed by atoms with Crippen molar-refractivity contribution >= 4 is 52.9 Å². The van der Waals surface area contributed by atoms with Crippen molar-refractivity contribution in [3.63, 3.8) is 0 Å². The van der Waals surface area contributed by atoms with E-state index < -0.39 is 0 Å². The number of hydrogen-bond acceptors (Lipinski definition) is 4. The summed E-state index contributed by atoms with van der Waals surface area (Å²) in [4.78, 5) is 22.2. The van der Waals surface area contributed by atoms with Gasteiger partial charge in [-0.1, -0.05) is 26.0 Å². The SMILES string of the molecule is CCC(C)C(=O)Nc1cccc(CNC(=NC)NCCc2nc(C)c(C)s2)c1.I. The molecule has 3 N–H and O–H groups in total. The lowest BCUT2D eigenvalue weighted by atomic mass is 10.1. The van der Waals surface area contributed by atoms with Gasteiger partial charge in [0.2, 0.25) is 5.91 Å². The van der Waals surface area contributed by atoms with E-state index in [-0.39, 0.29) is 35.8 Å². The molecule has 1 atom stereocenters. The summed E-state index contributed by atoms with van der Waals surface area (Å²) < 4.78 is 0. The minimum Gasteiger partial charge on any atom is -0.356 e. The number of halogens is 1. The Morgan fingerprint density at radius 1 is 1.28 bits per heavy atom. The van der Waals surface area contributed by atoms with Crippen LogP contribution in [0.2, 0.25) is 0 Å². The van der Waals surface area contributed by atoms with Crippen molar-refractivity contribution in [1.82, 2.24) is 15.6 Å². The maximum atomic E-state index is 12.1. The zero-order valence-corrected chi connectivity index (χ0v) is 21.0. The summed E-state index contributed by atoms with van der Waals surface area (Å²) in [5, 5.41) is 10.8. The van der Waals surface area contributed by atoms with Gasteiger partial charge >= 0.3 is 0 Å². The second-order valence-electron chi connectivity index (χ2n) is 6.85. The van der Waals surface area contributed by atoms with Crippen molar-refractivity contribution in [2.75, 3.05) is 18.9 Å². The molecule has 6 nitrogen and oxygen atoms in total. The normalized spacial score (nSPS) is 12.1. The second-order valence-corrected chi connectivity index (χ2v) is 8.14. The summed E-state index contributed by atoms with van der Waals surface area (Å²) in [5.41, 5.74) is 3.01. The molecule has 0 bridgehead atoms. The third kappa shape index (κ3) is 8.30. The van der Waals surface area contributed by atoms with Crippen LogP contribution in [0.4, 0.5) is 5.69 Å². The highest BCUT2D eigenvalue weighted by Gasteiger charge is 2.10. The molecule has 0 saturated carbocycles. The molecule has 0 radical (unpaired) electrons. The van der Waals surface area contributed by atoms with Crippen LogP contribution in [0.25, 0.3) is 0 Å². The number of nitrogens with one attached hydrogen (secondary N) is 3. The molecule has 1 aromatic heterocycles. The van der Waals surface area contributed by atoms with Crippen molar-refractivity contribution in [2.45, 2.75) is 47.1 Å². The summed E-state index contributed by atoms with van der Waals surface area (Å²) in [6.45, 7) is 9.50. The first kappa shape index (κ1) is 25.4. The van der Waals surface area contributed by atoms with Crippen LogP contribution in [0.5, 0.6) is 0 Å². The number of aromatic nitrogens is 1. The lowest BCUT2D eigenvalue weighted by Gasteiger charge is -2.13. The number of amides is 1. The van der Waals surface area contributed by atoms with E-state index in [1.807, 2.05) is 45.0 Å². The molecular formula is C21H32IN5OS. The highest BCUT2D eigenvalue weighted by molar-refractivity contribution is 14.0. The van der Waals surface area contributed by atoms with Crippen LogP contribution >= 0.6 is 35.3 Å². The van der Waals surface area contributed by atoms with E-state index in [0.717, 1.165) is 47.3 Å². The highest BCUT2D eigenvalue weighted by Crippen LogP contribution is 2.16. The van der Waals surface area contributed by atoms with Crippen LogP contribution in [0.1, 0.15) is 41.4 Å². The van der Waals surface area contributed by atoms with Crippen LogP contribution in [-0.2, 0) is 17.8 Å². The lowest BCUT2D eigenvalue weighted by molar-refractivity contribution is -0.119. The molecule has 8 heteroatoms. The van der Waals surface area contributed by atoms with Crippen molar-refractivity contribution in [2.24, 2.45) is 10.9 Å². The molecule has 1 amide bonds. The van der Waals surface area contributed by atoms with Crippen molar-refractivity contribution < 1.29 is 4.79 Å². The fourth-order valence-electron chi connectivity index (χ4n) is 2.55. The topological polar surface area (TPSA) is 78.4 Å². The van der Waals surface area contributed by atoms with Crippen molar-refractivity contribution in [3.05, 3.63) is 45.4 Å². The van der Waals surface area contributed by atoms with E-state index in [0.29, 0.717) is 6.54 Å². The van der Waals surface area contributed by atoms with E-state index in [1.165, 1.54) is 4.88 Å². The molecule has 0 aliphatic heterocycles. The molecule has 0 aliphatic rings. The van der Waals surface area contributed by atoms with Gasteiger partial charge in [-0.3, -0.25) is 9.79 Å². The Morgan fingerprint density at radius 2 is 2.03 bits per heavy atom. The maximum Gasteiger partial charge on any atom is 0.227 e. The summed E-state index contributed by atoms with van der Waals surface area (Å²) in [5.74, 6) is 0.812. The van der Waals surface area contributed by atoms with Gasteiger partial charge in [0.1, 0.15) is 0 Å². The number of aliphatic imine (C=N–C) groups is 1. The summed E-state index contributed by atoms with van der Waals surface area (Å²) >= 11 is 1.75. The molecule has 0 spiro atoms. The molecule has 1 unspecified atom stereocenters. The number of carbonyl (C=O) groups is 1. The van der Waals surface area contributed by atoms with Gasteiger partial charge in [-0.05, 0) is 38.0 Å². The number of anilines is 1.